The van der Waals surface area contributed by atoms with E-state index in [0.717, 1.165) is 0 Å². The lowest BCUT2D eigenvalue weighted by molar-refractivity contribution is 0.629. The highest BCUT2D eigenvalue weighted by Gasteiger charge is 2.11. The van der Waals surface area contributed by atoms with Gasteiger partial charge in [0.15, 0.2) is 5.65 Å². The maximum atomic E-state index is 13.3. The second-order valence-corrected chi connectivity index (χ2v) is 4.70. The molecule has 21 heavy (non-hydrogen) atoms. The number of H-pyrrole nitrogens is 2. The topological polar surface area (TPSA) is 74.4 Å². The number of nitrogens with one attached hydrogen (secondary N) is 2. The van der Waals surface area contributed by atoms with Gasteiger partial charge in [-0.2, -0.15) is 0 Å². The van der Waals surface area contributed by atoms with Gasteiger partial charge in [0.1, 0.15) is 17.2 Å². The summed E-state index contributed by atoms with van der Waals surface area (Å²) >= 11 is 0. The molecule has 0 fully saturated rings. The molecule has 0 aliphatic carbocycles. The molecule has 0 bridgehead atoms. The predicted molar refractivity (Wildman–Crippen MR) is 77.4 cm³/mol. The van der Waals surface area contributed by atoms with Crippen molar-refractivity contribution in [1.82, 2.24) is 19.9 Å². The normalized spacial score (nSPS) is 11.3. The third kappa shape index (κ3) is 1.88. The fourth-order valence-corrected chi connectivity index (χ4v) is 2.32. The highest BCUT2D eigenvalue weighted by Crippen LogP contribution is 2.20. The van der Waals surface area contributed by atoms with Crippen LogP contribution in [0.1, 0.15) is 0 Å². The van der Waals surface area contributed by atoms with Crippen molar-refractivity contribution in [3.8, 4) is 11.4 Å². The van der Waals surface area contributed by atoms with E-state index in [-0.39, 0.29) is 11.4 Å². The molecule has 0 aliphatic heterocycles. The zero-order valence-corrected chi connectivity index (χ0v) is 10.7. The minimum Gasteiger partial charge on any atom is -0.322 e. The molecular weight excluding hydrogens is 271 g/mol. The fraction of sp³-hybridized carbons (Fsp3) is 0. The third-order valence-electron chi connectivity index (χ3n) is 3.32. The summed E-state index contributed by atoms with van der Waals surface area (Å²) < 4.78 is 13.3. The molecule has 4 rings (SSSR count). The van der Waals surface area contributed by atoms with Crippen molar-refractivity contribution < 1.29 is 4.39 Å². The van der Waals surface area contributed by atoms with Crippen molar-refractivity contribution in [2.75, 3.05) is 0 Å². The van der Waals surface area contributed by atoms with Gasteiger partial charge in [0.2, 0.25) is 0 Å². The first-order valence-corrected chi connectivity index (χ1v) is 6.34. The molecule has 0 amide bonds. The smallest absolute Gasteiger partial charge is 0.259 e. The number of benzene rings is 1. The van der Waals surface area contributed by atoms with Gasteiger partial charge < -0.3 is 9.97 Å². The van der Waals surface area contributed by atoms with Crippen LogP contribution in [-0.2, 0) is 0 Å². The number of aromatic amines is 2. The van der Waals surface area contributed by atoms with Crippen LogP contribution in [0.3, 0.4) is 0 Å². The summed E-state index contributed by atoms with van der Waals surface area (Å²) in [5.74, 6) is 0.0582. The second-order valence-electron chi connectivity index (χ2n) is 4.70. The number of fused-ring (bicyclic) bond motifs is 2. The maximum Gasteiger partial charge on any atom is 0.259 e. The van der Waals surface area contributed by atoms with Crippen LogP contribution in [-0.4, -0.2) is 19.9 Å². The lowest BCUT2D eigenvalue weighted by Gasteiger charge is -2.01. The Morgan fingerprint density at radius 2 is 2.00 bits per heavy atom. The minimum atomic E-state index is -0.355. The van der Waals surface area contributed by atoms with Crippen molar-refractivity contribution in [3.05, 3.63) is 58.8 Å². The van der Waals surface area contributed by atoms with E-state index in [1.54, 1.807) is 24.4 Å². The summed E-state index contributed by atoms with van der Waals surface area (Å²) in [5.41, 5.74) is 1.93. The number of halogens is 1. The van der Waals surface area contributed by atoms with Crippen LogP contribution >= 0.6 is 0 Å². The Labute approximate surface area is 117 Å². The van der Waals surface area contributed by atoms with Gasteiger partial charge in [0, 0.05) is 17.1 Å². The standard InChI is InChI=1S/C15H9FN4O/c16-9-3-4-11-8(6-9)7-10(15(21)19-11)13-18-12-2-1-5-17-14(12)20-13/h1-7H,(H,19,21)(H,17,18,20). The van der Waals surface area contributed by atoms with Crippen LogP contribution in [0.4, 0.5) is 4.39 Å². The number of pyridine rings is 2. The van der Waals surface area contributed by atoms with Crippen LogP contribution in [0.15, 0.2) is 47.4 Å². The lowest BCUT2D eigenvalue weighted by atomic mass is 10.1. The summed E-state index contributed by atoms with van der Waals surface area (Å²) in [6.45, 7) is 0. The number of nitrogens with zero attached hydrogens (tertiary/aromatic N) is 2. The summed E-state index contributed by atoms with van der Waals surface area (Å²) in [5, 5.41) is 0.609. The van der Waals surface area contributed by atoms with Crippen molar-refractivity contribution in [2.45, 2.75) is 0 Å². The third-order valence-corrected chi connectivity index (χ3v) is 3.32. The SMILES string of the molecule is O=c1[nH]c2ccc(F)cc2cc1-c1nc2cccnc2[nH]1. The fourth-order valence-electron chi connectivity index (χ4n) is 2.32. The van der Waals surface area contributed by atoms with E-state index >= 15 is 0 Å². The Kier molecular flexibility index (Phi) is 2.38. The molecule has 0 spiro atoms. The van der Waals surface area contributed by atoms with Crippen LogP contribution in [0.25, 0.3) is 33.5 Å². The zero-order valence-electron chi connectivity index (χ0n) is 10.7. The van der Waals surface area contributed by atoms with Crippen LogP contribution in [0.2, 0.25) is 0 Å². The molecule has 0 saturated heterocycles. The maximum absolute atomic E-state index is 13.3. The van der Waals surface area contributed by atoms with Gasteiger partial charge in [0.05, 0.1) is 5.56 Å². The molecule has 0 aliphatic rings. The molecule has 6 heteroatoms. The molecule has 102 valence electrons. The first kappa shape index (κ1) is 11.8. The molecule has 5 nitrogen and oxygen atoms in total. The van der Waals surface area contributed by atoms with E-state index < -0.39 is 0 Å². The average Bonchev–Trinajstić information content (AvgIpc) is 2.90. The molecular formula is C15H9FN4O. The van der Waals surface area contributed by atoms with Gasteiger partial charge in [-0.25, -0.2) is 14.4 Å². The van der Waals surface area contributed by atoms with Gasteiger partial charge in [-0.05, 0) is 36.4 Å². The Morgan fingerprint density at radius 1 is 1.10 bits per heavy atom. The Bertz CT molecular complexity index is 1000. The molecule has 3 heterocycles. The van der Waals surface area contributed by atoms with Crippen molar-refractivity contribution in [1.29, 1.82) is 0 Å². The quantitative estimate of drug-likeness (QED) is 0.563. The highest BCUT2D eigenvalue weighted by atomic mass is 19.1. The summed E-state index contributed by atoms with van der Waals surface area (Å²) in [6.07, 6.45) is 1.64. The number of hydrogen-bond acceptors (Lipinski definition) is 3. The van der Waals surface area contributed by atoms with Crippen molar-refractivity contribution in [2.24, 2.45) is 0 Å². The van der Waals surface area contributed by atoms with Gasteiger partial charge in [-0.3, -0.25) is 4.79 Å². The van der Waals surface area contributed by atoms with E-state index in [2.05, 4.69) is 19.9 Å². The zero-order chi connectivity index (χ0) is 14.4. The largest absolute Gasteiger partial charge is 0.322 e. The summed E-state index contributed by atoms with van der Waals surface area (Å²) in [7, 11) is 0. The predicted octanol–water partition coefficient (Wildman–Crippen LogP) is 2.61. The second kappa shape index (κ2) is 4.24. The molecule has 2 N–H and O–H groups in total. The van der Waals surface area contributed by atoms with Gasteiger partial charge in [-0.1, -0.05) is 0 Å². The number of aromatic nitrogens is 4. The molecule has 1 aromatic carbocycles. The Hall–Kier alpha value is -3.02. The van der Waals surface area contributed by atoms with Crippen LogP contribution in [0, 0.1) is 5.82 Å². The first-order chi connectivity index (χ1) is 10.2. The number of hydrogen-bond donors (Lipinski definition) is 2. The molecule has 0 unspecified atom stereocenters. The molecule has 0 radical (unpaired) electrons. The van der Waals surface area contributed by atoms with E-state index in [4.69, 9.17) is 0 Å². The van der Waals surface area contributed by atoms with Crippen molar-refractivity contribution >= 4 is 22.1 Å². The Balaban J connectivity index is 2.00. The molecule has 0 atom stereocenters. The van der Waals surface area contributed by atoms with Crippen molar-refractivity contribution in [3.63, 3.8) is 0 Å². The molecule has 3 aromatic heterocycles. The summed E-state index contributed by atoms with van der Waals surface area (Å²) in [4.78, 5) is 26.4. The van der Waals surface area contributed by atoms with E-state index in [1.165, 1.54) is 18.2 Å². The highest BCUT2D eigenvalue weighted by molar-refractivity contribution is 5.84. The Morgan fingerprint density at radius 3 is 2.86 bits per heavy atom. The summed E-state index contributed by atoms with van der Waals surface area (Å²) in [6, 6.07) is 9.41. The van der Waals surface area contributed by atoms with Gasteiger partial charge >= 0.3 is 0 Å². The number of rotatable bonds is 1. The minimum absolute atomic E-state index is 0.284. The van der Waals surface area contributed by atoms with Gasteiger partial charge in [0.25, 0.3) is 5.56 Å². The lowest BCUT2D eigenvalue weighted by Crippen LogP contribution is -2.09. The van der Waals surface area contributed by atoms with Crippen LogP contribution < -0.4 is 5.56 Å². The van der Waals surface area contributed by atoms with Gasteiger partial charge in [-0.15, -0.1) is 0 Å². The van der Waals surface area contributed by atoms with E-state index in [9.17, 15) is 9.18 Å². The molecule has 0 saturated carbocycles. The number of imidazole rings is 1. The average molecular weight is 280 g/mol. The first-order valence-electron chi connectivity index (χ1n) is 6.34. The van der Waals surface area contributed by atoms with E-state index in [0.29, 0.717) is 33.5 Å². The molecule has 4 aromatic rings. The van der Waals surface area contributed by atoms with Crippen LogP contribution in [0.5, 0.6) is 0 Å². The monoisotopic (exact) mass is 280 g/mol. The van der Waals surface area contributed by atoms with E-state index in [1.807, 2.05) is 0 Å².